The lowest BCUT2D eigenvalue weighted by atomic mass is 9.97. The Bertz CT molecular complexity index is 476. The second-order valence-corrected chi connectivity index (χ2v) is 4.17. The average molecular weight is 298 g/mol. The van der Waals surface area contributed by atoms with Crippen LogP contribution < -0.4 is 0 Å². The Morgan fingerprint density at radius 1 is 0.952 bits per heavy atom. The summed E-state index contributed by atoms with van der Waals surface area (Å²) >= 11 is 0. The third-order valence-corrected chi connectivity index (χ3v) is 2.56. The molecule has 0 saturated heterocycles. The summed E-state index contributed by atoms with van der Waals surface area (Å²) in [6.07, 6.45) is -0.217. The van der Waals surface area contributed by atoms with Crippen LogP contribution in [-0.4, -0.2) is 44.5 Å². The van der Waals surface area contributed by atoms with E-state index in [1.807, 2.05) is 0 Å². The number of ether oxygens (including phenoxy) is 3. The van der Waals surface area contributed by atoms with Crippen molar-refractivity contribution >= 4 is 23.7 Å². The van der Waals surface area contributed by atoms with Crippen molar-refractivity contribution < 1.29 is 33.4 Å². The van der Waals surface area contributed by atoms with E-state index in [9.17, 15) is 19.2 Å². The summed E-state index contributed by atoms with van der Waals surface area (Å²) in [6, 6.07) is 0. The van der Waals surface area contributed by atoms with E-state index in [2.05, 4.69) is 22.6 Å². The summed E-state index contributed by atoms with van der Waals surface area (Å²) in [4.78, 5) is 45.6. The SMILES string of the molecule is C=C(COC(=O)C(CC(=C)C(=O)OC)C(C)=O)C(=O)OC. The first kappa shape index (κ1) is 18.6. The van der Waals surface area contributed by atoms with Crippen LogP contribution in [0.15, 0.2) is 24.3 Å². The van der Waals surface area contributed by atoms with Crippen LogP contribution in [0.25, 0.3) is 0 Å². The number of ketones is 1. The maximum Gasteiger partial charge on any atom is 0.336 e. The zero-order chi connectivity index (χ0) is 16.6. The fourth-order valence-corrected chi connectivity index (χ4v) is 1.33. The van der Waals surface area contributed by atoms with Gasteiger partial charge in [0.1, 0.15) is 18.3 Å². The van der Waals surface area contributed by atoms with Crippen LogP contribution in [0.4, 0.5) is 0 Å². The minimum atomic E-state index is -1.19. The lowest BCUT2D eigenvalue weighted by Crippen LogP contribution is -2.27. The predicted molar refractivity (Wildman–Crippen MR) is 72.1 cm³/mol. The van der Waals surface area contributed by atoms with Crippen LogP contribution in [0.1, 0.15) is 13.3 Å². The zero-order valence-corrected chi connectivity index (χ0v) is 12.3. The number of rotatable bonds is 8. The van der Waals surface area contributed by atoms with Crippen LogP contribution in [0, 0.1) is 5.92 Å². The second-order valence-electron chi connectivity index (χ2n) is 4.17. The van der Waals surface area contributed by atoms with Crippen molar-refractivity contribution in [3.05, 3.63) is 24.3 Å². The van der Waals surface area contributed by atoms with Crippen molar-refractivity contribution in [3.8, 4) is 0 Å². The Hall–Kier alpha value is -2.44. The van der Waals surface area contributed by atoms with Crippen molar-refractivity contribution in [1.82, 2.24) is 0 Å². The highest BCUT2D eigenvalue weighted by atomic mass is 16.5. The average Bonchev–Trinajstić information content (AvgIpc) is 2.47. The third kappa shape index (κ3) is 6.03. The van der Waals surface area contributed by atoms with Gasteiger partial charge >= 0.3 is 17.9 Å². The first-order valence-electron chi connectivity index (χ1n) is 5.93. The molecule has 0 aliphatic carbocycles. The standard InChI is InChI=1S/C14H18O7/c1-8(12(16)19-4)6-11(10(3)15)14(18)21-7-9(2)13(17)20-5/h11H,1-2,6-7H2,3-5H3. The highest BCUT2D eigenvalue weighted by molar-refractivity contribution is 6.00. The number of carbonyl (C=O) groups excluding carboxylic acids is 4. The van der Waals surface area contributed by atoms with E-state index in [-0.39, 0.29) is 17.6 Å². The number of esters is 3. The Labute approximate surface area is 122 Å². The molecule has 0 heterocycles. The number of hydrogen-bond donors (Lipinski definition) is 0. The van der Waals surface area contributed by atoms with Gasteiger partial charge in [0.25, 0.3) is 0 Å². The normalized spacial score (nSPS) is 11.0. The topological polar surface area (TPSA) is 96.0 Å². The molecule has 0 radical (unpaired) electrons. The molecule has 0 bridgehead atoms. The van der Waals surface area contributed by atoms with Gasteiger partial charge in [-0.1, -0.05) is 13.2 Å². The van der Waals surface area contributed by atoms with E-state index in [4.69, 9.17) is 4.74 Å². The quantitative estimate of drug-likeness (QED) is 0.280. The van der Waals surface area contributed by atoms with E-state index in [0.717, 1.165) is 14.2 Å². The molecule has 1 unspecified atom stereocenters. The monoisotopic (exact) mass is 298 g/mol. The van der Waals surface area contributed by atoms with Crippen molar-refractivity contribution in [2.45, 2.75) is 13.3 Å². The highest BCUT2D eigenvalue weighted by Gasteiger charge is 2.28. The Morgan fingerprint density at radius 3 is 1.86 bits per heavy atom. The van der Waals surface area contributed by atoms with Gasteiger partial charge in [-0.05, 0) is 13.3 Å². The van der Waals surface area contributed by atoms with Gasteiger partial charge < -0.3 is 14.2 Å². The predicted octanol–water partition coefficient (Wildman–Crippen LogP) is 0.583. The van der Waals surface area contributed by atoms with Crippen LogP contribution in [0.2, 0.25) is 0 Å². The molecule has 0 fully saturated rings. The number of carbonyl (C=O) groups is 4. The number of methoxy groups -OCH3 is 2. The summed E-state index contributed by atoms with van der Waals surface area (Å²) in [5.74, 6) is -4.00. The van der Waals surface area contributed by atoms with Gasteiger partial charge in [-0.2, -0.15) is 0 Å². The molecule has 0 aromatic heterocycles. The van der Waals surface area contributed by atoms with Crippen molar-refractivity contribution in [1.29, 1.82) is 0 Å². The molecule has 21 heavy (non-hydrogen) atoms. The van der Waals surface area contributed by atoms with Gasteiger partial charge in [-0.25, -0.2) is 9.59 Å². The lowest BCUT2D eigenvalue weighted by molar-refractivity contribution is -0.151. The third-order valence-electron chi connectivity index (χ3n) is 2.56. The second kappa shape index (κ2) is 8.68. The van der Waals surface area contributed by atoms with Crippen molar-refractivity contribution in [3.63, 3.8) is 0 Å². The van der Waals surface area contributed by atoms with Gasteiger partial charge in [-0.15, -0.1) is 0 Å². The molecule has 1 atom stereocenters. The minimum Gasteiger partial charge on any atom is -0.466 e. The summed E-state index contributed by atoms with van der Waals surface area (Å²) in [6.45, 7) is 7.60. The molecule has 0 aliphatic rings. The number of hydrogen-bond acceptors (Lipinski definition) is 7. The molecule has 0 aromatic rings. The summed E-state index contributed by atoms with van der Waals surface area (Å²) in [5, 5.41) is 0. The molecule has 0 amide bonds. The van der Waals surface area contributed by atoms with E-state index in [0.29, 0.717) is 0 Å². The summed E-state index contributed by atoms with van der Waals surface area (Å²) in [5.41, 5.74) is -0.0959. The summed E-state index contributed by atoms with van der Waals surface area (Å²) < 4.78 is 13.6. The fraction of sp³-hybridized carbons (Fsp3) is 0.429. The molecule has 0 spiro atoms. The van der Waals surface area contributed by atoms with Crippen LogP contribution in [0.5, 0.6) is 0 Å². The first-order chi connectivity index (χ1) is 9.74. The largest absolute Gasteiger partial charge is 0.466 e. The van der Waals surface area contributed by atoms with Crippen LogP contribution >= 0.6 is 0 Å². The van der Waals surface area contributed by atoms with E-state index < -0.39 is 36.2 Å². The first-order valence-corrected chi connectivity index (χ1v) is 5.93. The van der Waals surface area contributed by atoms with Gasteiger partial charge in [0.05, 0.1) is 19.8 Å². The molecule has 116 valence electrons. The fourth-order valence-electron chi connectivity index (χ4n) is 1.33. The molecular formula is C14H18O7. The van der Waals surface area contributed by atoms with Crippen LogP contribution in [0.3, 0.4) is 0 Å². The Morgan fingerprint density at radius 2 is 1.43 bits per heavy atom. The van der Waals surface area contributed by atoms with Gasteiger partial charge in [0.15, 0.2) is 0 Å². The zero-order valence-electron chi connectivity index (χ0n) is 12.3. The molecular weight excluding hydrogens is 280 g/mol. The maximum atomic E-state index is 11.8. The van der Waals surface area contributed by atoms with E-state index in [1.54, 1.807) is 0 Å². The lowest BCUT2D eigenvalue weighted by Gasteiger charge is -2.14. The van der Waals surface area contributed by atoms with Gasteiger partial charge in [0, 0.05) is 5.57 Å². The number of Topliss-reactive ketones (excluding diaryl/α,β-unsaturated/α-hetero) is 1. The molecule has 7 heteroatoms. The van der Waals surface area contributed by atoms with Gasteiger partial charge in [-0.3, -0.25) is 9.59 Å². The Balaban J connectivity index is 4.68. The van der Waals surface area contributed by atoms with E-state index >= 15 is 0 Å². The molecule has 0 aliphatic heterocycles. The minimum absolute atomic E-state index is 0.0264. The van der Waals surface area contributed by atoms with Crippen LogP contribution in [-0.2, 0) is 33.4 Å². The van der Waals surface area contributed by atoms with E-state index in [1.165, 1.54) is 6.92 Å². The summed E-state index contributed by atoms with van der Waals surface area (Å²) in [7, 11) is 2.32. The van der Waals surface area contributed by atoms with Crippen molar-refractivity contribution in [2.24, 2.45) is 5.92 Å². The molecule has 0 rings (SSSR count). The molecule has 0 N–H and O–H groups in total. The maximum absolute atomic E-state index is 11.8. The Kier molecular flexibility index (Phi) is 7.67. The molecule has 0 aromatic carbocycles. The smallest absolute Gasteiger partial charge is 0.336 e. The van der Waals surface area contributed by atoms with Crippen molar-refractivity contribution in [2.75, 3.05) is 20.8 Å². The molecule has 0 saturated carbocycles. The molecule has 7 nitrogen and oxygen atoms in total. The van der Waals surface area contributed by atoms with Gasteiger partial charge in [0.2, 0.25) is 0 Å². The highest BCUT2D eigenvalue weighted by Crippen LogP contribution is 2.15.